The molecule has 1 fully saturated rings. The zero-order valence-electron chi connectivity index (χ0n) is 17.4. The van der Waals surface area contributed by atoms with Gasteiger partial charge in [0.15, 0.2) is 0 Å². The number of piperidine rings is 1. The highest BCUT2D eigenvalue weighted by atomic mass is 16.5. The van der Waals surface area contributed by atoms with Gasteiger partial charge in [-0.2, -0.15) is 0 Å². The van der Waals surface area contributed by atoms with Crippen LogP contribution in [-0.4, -0.2) is 48.4 Å². The quantitative estimate of drug-likeness (QED) is 0.816. The molecule has 1 aliphatic rings. The average Bonchev–Trinajstić information content (AvgIpc) is 2.71. The van der Waals surface area contributed by atoms with Crippen LogP contribution in [0.4, 0.5) is 0 Å². The van der Waals surface area contributed by atoms with Gasteiger partial charge in [0, 0.05) is 37.3 Å². The highest BCUT2D eigenvalue weighted by Gasteiger charge is 2.25. The SMILES string of the molecule is COc1cccc(Cc2cc(C)nc(C3CCN(C(=O)CNC(C)=O)CC3)c2)c1. The first-order valence-electron chi connectivity index (χ1n) is 10.1. The van der Waals surface area contributed by atoms with Crippen molar-refractivity contribution in [2.24, 2.45) is 0 Å². The number of methoxy groups -OCH3 is 1. The van der Waals surface area contributed by atoms with E-state index in [1.54, 1.807) is 7.11 Å². The van der Waals surface area contributed by atoms with Crippen LogP contribution in [0.2, 0.25) is 0 Å². The number of aromatic nitrogens is 1. The molecule has 29 heavy (non-hydrogen) atoms. The van der Waals surface area contributed by atoms with Gasteiger partial charge in [0.25, 0.3) is 0 Å². The molecule has 0 saturated carbocycles. The van der Waals surface area contributed by atoms with Gasteiger partial charge in [-0.05, 0) is 61.6 Å². The Balaban J connectivity index is 1.64. The number of hydrogen-bond donors (Lipinski definition) is 1. The first kappa shape index (κ1) is 20.8. The summed E-state index contributed by atoms with van der Waals surface area (Å²) in [5.74, 6) is 1.02. The number of hydrogen-bond acceptors (Lipinski definition) is 4. The first-order valence-corrected chi connectivity index (χ1v) is 10.1. The molecule has 1 saturated heterocycles. The topological polar surface area (TPSA) is 71.5 Å². The van der Waals surface area contributed by atoms with E-state index in [1.807, 2.05) is 24.0 Å². The molecular formula is C23H29N3O3. The summed E-state index contributed by atoms with van der Waals surface area (Å²) in [5, 5.41) is 2.58. The Kier molecular flexibility index (Phi) is 6.86. The molecule has 1 aliphatic heterocycles. The lowest BCUT2D eigenvalue weighted by atomic mass is 9.91. The predicted octanol–water partition coefficient (Wildman–Crippen LogP) is 2.83. The van der Waals surface area contributed by atoms with E-state index >= 15 is 0 Å². The van der Waals surface area contributed by atoms with E-state index in [0.29, 0.717) is 19.0 Å². The second-order valence-electron chi connectivity index (χ2n) is 7.63. The Hall–Kier alpha value is -2.89. The van der Waals surface area contributed by atoms with Gasteiger partial charge in [-0.3, -0.25) is 14.6 Å². The van der Waals surface area contributed by atoms with Crippen LogP contribution in [0.25, 0.3) is 0 Å². The van der Waals surface area contributed by atoms with E-state index in [9.17, 15) is 9.59 Å². The molecule has 154 valence electrons. The molecule has 0 unspecified atom stereocenters. The number of nitrogens with one attached hydrogen (secondary N) is 1. The van der Waals surface area contributed by atoms with E-state index in [2.05, 4.69) is 29.6 Å². The summed E-state index contributed by atoms with van der Waals surface area (Å²) in [5.41, 5.74) is 4.57. The minimum atomic E-state index is -0.180. The highest BCUT2D eigenvalue weighted by Crippen LogP contribution is 2.28. The van der Waals surface area contributed by atoms with Gasteiger partial charge in [-0.15, -0.1) is 0 Å². The number of amides is 2. The fourth-order valence-electron chi connectivity index (χ4n) is 3.83. The number of likely N-dealkylation sites (tertiary alicyclic amines) is 1. The normalized spacial score (nSPS) is 14.5. The molecule has 6 heteroatoms. The molecule has 1 aromatic heterocycles. The van der Waals surface area contributed by atoms with E-state index in [4.69, 9.17) is 9.72 Å². The summed E-state index contributed by atoms with van der Waals surface area (Å²) >= 11 is 0. The summed E-state index contributed by atoms with van der Waals surface area (Å²) in [6.45, 7) is 4.93. The van der Waals surface area contributed by atoms with Crippen molar-refractivity contribution >= 4 is 11.8 Å². The number of rotatable bonds is 6. The third kappa shape index (κ3) is 5.79. The summed E-state index contributed by atoms with van der Waals surface area (Å²) in [6.07, 6.45) is 2.61. The fraction of sp³-hybridized carbons (Fsp3) is 0.435. The summed E-state index contributed by atoms with van der Waals surface area (Å²) in [4.78, 5) is 29.8. The number of carbonyl (C=O) groups is 2. The molecule has 0 bridgehead atoms. The number of ether oxygens (including phenoxy) is 1. The van der Waals surface area contributed by atoms with Crippen molar-refractivity contribution < 1.29 is 14.3 Å². The number of pyridine rings is 1. The van der Waals surface area contributed by atoms with Gasteiger partial charge < -0.3 is 15.0 Å². The number of carbonyl (C=O) groups excluding carboxylic acids is 2. The molecule has 2 heterocycles. The minimum Gasteiger partial charge on any atom is -0.497 e. The van der Waals surface area contributed by atoms with Crippen LogP contribution in [0, 0.1) is 6.92 Å². The van der Waals surface area contributed by atoms with Crippen molar-refractivity contribution in [1.29, 1.82) is 0 Å². The number of aryl methyl sites for hydroxylation is 1. The molecule has 6 nitrogen and oxygen atoms in total. The zero-order chi connectivity index (χ0) is 20.8. The third-order valence-corrected chi connectivity index (χ3v) is 5.33. The molecule has 1 N–H and O–H groups in total. The molecule has 0 atom stereocenters. The molecular weight excluding hydrogens is 366 g/mol. The van der Waals surface area contributed by atoms with Crippen molar-refractivity contribution in [1.82, 2.24) is 15.2 Å². The van der Waals surface area contributed by atoms with Crippen molar-refractivity contribution in [2.45, 2.75) is 39.0 Å². The Morgan fingerprint density at radius 3 is 2.62 bits per heavy atom. The van der Waals surface area contributed by atoms with Crippen molar-refractivity contribution in [3.05, 3.63) is 58.9 Å². The van der Waals surface area contributed by atoms with Crippen LogP contribution in [0.3, 0.4) is 0 Å². The predicted molar refractivity (Wildman–Crippen MR) is 112 cm³/mol. The van der Waals surface area contributed by atoms with Gasteiger partial charge in [-0.25, -0.2) is 0 Å². The second-order valence-corrected chi connectivity index (χ2v) is 7.63. The van der Waals surface area contributed by atoms with E-state index in [0.717, 1.165) is 36.4 Å². The second kappa shape index (κ2) is 9.54. The molecule has 0 radical (unpaired) electrons. The van der Waals surface area contributed by atoms with Crippen LogP contribution in [0.5, 0.6) is 5.75 Å². The Morgan fingerprint density at radius 2 is 1.93 bits per heavy atom. The van der Waals surface area contributed by atoms with Gasteiger partial charge in [0.2, 0.25) is 11.8 Å². The van der Waals surface area contributed by atoms with Crippen LogP contribution in [-0.2, 0) is 16.0 Å². The largest absolute Gasteiger partial charge is 0.497 e. The molecule has 0 aliphatic carbocycles. The van der Waals surface area contributed by atoms with Crippen LogP contribution in [0.1, 0.15) is 48.2 Å². The van der Waals surface area contributed by atoms with Crippen molar-refractivity contribution in [3.8, 4) is 5.75 Å². The number of nitrogens with zero attached hydrogens (tertiary/aromatic N) is 2. The number of benzene rings is 1. The van der Waals surface area contributed by atoms with Gasteiger partial charge in [0.1, 0.15) is 5.75 Å². The maximum absolute atomic E-state index is 12.2. The summed E-state index contributed by atoms with van der Waals surface area (Å²) in [6, 6.07) is 12.5. The van der Waals surface area contributed by atoms with E-state index < -0.39 is 0 Å². The lowest BCUT2D eigenvalue weighted by Gasteiger charge is -2.32. The van der Waals surface area contributed by atoms with Gasteiger partial charge in [0.05, 0.1) is 13.7 Å². The molecule has 1 aromatic carbocycles. The third-order valence-electron chi connectivity index (χ3n) is 5.33. The Morgan fingerprint density at radius 1 is 1.17 bits per heavy atom. The fourth-order valence-corrected chi connectivity index (χ4v) is 3.83. The highest BCUT2D eigenvalue weighted by molar-refractivity contribution is 5.83. The first-order chi connectivity index (χ1) is 13.9. The Bertz CT molecular complexity index is 873. The van der Waals surface area contributed by atoms with E-state index in [1.165, 1.54) is 18.1 Å². The van der Waals surface area contributed by atoms with Gasteiger partial charge >= 0.3 is 0 Å². The summed E-state index contributed by atoms with van der Waals surface area (Å²) in [7, 11) is 1.68. The molecule has 3 rings (SSSR count). The van der Waals surface area contributed by atoms with Gasteiger partial charge in [-0.1, -0.05) is 12.1 Å². The standard InChI is InChI=1S/C23H29N3O3/c1-16-11-19(12-18-5-4-6-21(13-18)29-3)14-22(25-16)20-7-9-26(10-8-20)23(28)15-24-17(2)27/h4-6,11,13-14,20H,7-10,12,15H2,1-3H3,(H,24,27). The monoisotopic (exact) mass is 395 g/mol. The summed E-state index contributed by atoms with van der Waals surface area (Å²) < 4.78 is 5.33. The zero-order valence-corrected chi connectivity index (χ0v) is 17.4. The average molecular weight is 396 g/mol. The van der Waals surface area contributed by atoms with Crippen LogP contribution >= 0.6 is 0 Å². The van der Waals surface area contributed by atoms with Crippen LogP contribution in [0.15, 0.2) is 36.4 Å². The smallest absolute Gasteiger partial charge is 0.241 e. The molecule has 2 aromatic rings. The minimum absolute atomic E-state index is 0.0189. The molecule has 0 spiro atoms. The maximum atomic E-state index is 12.2. The van der Waals surface area contributed by atoms with Crippen LogP contribution < -0.4 is 10.1 Å². The molecule has 2 amide bonds. The maximum Gasteiger partial charge on any atom is 0.241 e. The lowest BCUT2D eigenvalue weighted by molar-refractivity contribution is -0.133. The Labute approximate surface area is 172 Å². The van der Waals surface area contributed by atoms with E-state index in [-0.39, 0.29) is 18.4 Å². The van der Waals surface area contributed by atoms with Crippen molar-refractivity contribution in [2.75, 3.05) is 26.7 Å². The van der Waals surface area contributed by atoms with Crippen molar-refractivity contribution in [3.63, 3.8) is 0 Å². The lowest BCUT2D eigenvalue weighted by Crippen LogP contribution is -2.43.